The van der Waals surface area contributed by atoms with E-state index in [0.29, 0.717) is 6.61 Å². The fraction of sp³-hybridized carbons (Fsp3) is 0.900. The van der Waals surface area contributed by atoms with E-state index in [1.54, 1.807) is 6.92 Å². The lowest BCUT2D eigenvalue weighted by Gasteiger charge is -2.15. The lowest BCUT2D eigenvalue weighted by atomic mass is 10.4. The van der Waals surface area contributed by atoms with Crippen molar-refractivity contribution in [2.75, 3.05) is 13.2 Å². The van der Waals surface area contributed by atoms with E-state index < -0.39 is 12.3 Å². The van der Waals surface area contributed by atoms with Gasteiger partial charge in [0.05, 0.1) is 18.8 Å². The van der Waals surface area contributed by atoms with Crippen molar-refractivity contribution in [2.24, 2.45) is 0 Å². The van der Waals surface area contributed by atoms with Gasteiger partial charge in [0.15, 0.2) is 0 Å². The zero-order valence-electron chi connectivity index (χ0n) is 9.73. The first kappa shape index (κ1) is 14.2. The van der Waals surface area contributed by atoms with Crippen molar-refractivity contribution in [3.63, 3.8) is 0 Å². The third-order valence-corrected chi connectivity index (χ3v) is 1.40. The molecule has 5 heteroatoms. The highest BCUT2D eigenvalue weighted by Gasteiger charge is 2.12. The highest BCUT2D eigenvalue weighted by Crippen LogP contribution is 1.98. The lowest BCUT2D eigenvalue weighted by Crippen LogP contribution is -2.24. The van der Waals surface area contributed by atoms with Gasteiger partial charge in [0, 0.05) is 0 Å². The second kappa shape index (κ2) is 7.48. The molecule has 5 nitrogen and oxygen atoms in total. The summed E-state index contributed by atoms with van der Waals surface area (Å²) in [7, 11) is 0. The molecule has 0 saturated heterocycles. The minimum Gasteiger partial charge on any atom is -0.432 e. The molecule has 0 heterocycles. The third kappa shape index (κ3) is 9.49. The van der Waals surface area contributed by atoms with Gasteiger partial charge in [0.25, 0.3) is 0 Å². The Balaban J connectivity index is 3.57. The molecule has 0 spiro atoms. The summed E-state index contributed by atoms with van der Waals surface area (Å²) in [6.07, 6.45) is -1.71. The van der Waals surface area contributed by atoms with Gasteiger partial charge in [-0.2, -0.15) is 0 Å². The van der Waals surface area contributed by atoms with Crippen LogP contribution in [0, 0.1) is 0 Å². The summed E-state index contributed by atoms with van der Waals surface area (Å²) in [5.41, 5.74) is 0. The summed E-state index contributed by atoms with van der Waals surface area (Å²) in [6.45, 7) is 7.32. The van der Waals surface area contributed by atoms with Crippen molar-refractivity contribution in [1.29, 1.82) is 0 Å². The van der Waals surface area contributed by atoms with Crippen LogP contribution in [0.3, 0.4) is 0 Å². The smallest absolute Gasteiger partial charge is 0.432 e. The average molecular weight is 220 g/mol. The van der Waals surface area contributed by atoms with Crippen LogP contribution < -0.4 is 0 Å². The monoisotopic (exact) mass is 220 g/mol. The van der Waals surface area contributed by atoms with Crippen LogP contribution in [-0.2, 0) is 14.2 Å². The van der Waals surface area contributed by atoms with Gasteiger partial charge >= 0.3 is 6.16 Å². The molecule has 0 aliphatic rings. The summed E-state index contributed by atoms with van der Waals surface area (Å²) in [5, 5.41) is 8.85. The minimum atomic E-state index is -0.782. The van der Waals surface area contributed by atoms with Crippen LogP contribution in [0.5, 0.6) is 0 Å². The topological polar surface area (TPSA) is 65.0 Å². The van der Waals surface area contributed by atoms with E-state index in [0.717, 1.165) is 0 Å². The number of hydrogen-bond acceptors (Lipinski definition) is 5. The van der Waals surface area contributed by atoms with Gasteiger partial charge in [0.2, 0.25) is 0 Å². The zero-order valence-corrected chi connectivity index (χ0v) is 9.73. The van der Waals surface area contributed by atoms with Crippen molar-refractivity contribution in [3.05, 3.63) is 0 Å². The molecular weight excluding hydrogens is 200 g/mol. The highest BCUT2D eigenvalue weighted by atomic mass is 16.7. The molecule has 0 saturated carbocycles. The molecule has 15 heavy (non-hydrogen) atoms. The fourth-order valence-electron chi connectivity index (χ4n) is 0.749. The number of carbonyl (C=O) groups excluding carboxylic acids is 1. The van der Waals surface area contributed by atoms with Crippen molar-refractivity contribution >= 4 is 6.16 Å². The Labute approximate surface area is 90.3 Å². The molecule has 0 aromatic carbocycles. The van der Waals surface area contributed by atoms with E-state index in [1.807, 2.05) is 13.8 Å². The van der Waals surface area contributed by atoms with Crippen molar-refractivity contribution in [1.82, 2.24) is 0 Å². The standard InChI is InChI=1S/C10H20O5/c1-7(2)13-6-9(4)15-10(12)14-5-8(3)11/h7-9,11H,5-6H2,1-4H3. The van der Waals surface area contributed by atoms with Gasteiger partial charge in [-0.1, -0.05) is 0 Å². The van der Waals surface area contributed by atoms with E-state index in [-0.39, 0.29) is 18.8 Å². The predicted molar refractivity (Wildman–Crippen MR) is 54.7 cm³/mol. The zero-order chi connectivity index (χ0) is 11.8. The SMILES string of the molecule is CC(O)COC(=O)OC(C)COC(C)C. The third-order valence-electron chi connectivity index (χ3n) is 1.40. The molecular formula is C10H20O5. The molecule has 0 bridgehead atoms. The van der Waals surface area contributed by atoms with Gasteiger partial charge in [-0.3, -0.25) is 0 Å². The van der Waals surface area contributed by atoms with Crippen LogP contribution in [0.1, 0.15) is 27.7 Å². The van der Waals surface area contributed by atoms with Crippen molar-refractivity contribution in [3.8, 4) is 0 Å². The average Bonchev–Trinajstić information content (AvgIpc) is 2.11. The summed E-state index contributed by atoms with van der Waals surface area (Å²) < 4.78 is 14.7. The Bertz CT molecular complexity index is 179. The second-order valence-corrected chi connectivity index (χ2v) is 3.72. The lowest BCUT2D eigenvalue weighted by molar-refractivity contribution is -0.0325. The van der Waals surface area contributed by atoms with Crippen LogP contribution in [0.25, 0.3) is 0 Å². The molecule has 0 aliphatic heterocycles. The van der Waals surface area contributed by atoms with Gasteiger partial charge in [-0.25, -0.2) is 4.79 Å². The summed E-state index contributed by atoms with van der Waals surface area (Å²) >= 11 is 0. The molecule has 0 aromatic rings. The number of carbonyl (C=O) groups is 1. The van der Waals surface area contributed by atoms with E-state index in [9.17, 15) is 4.79 Å². The molecule has 90 valence electrons. The molecule has 0 rings (SSSR count). The number of rotatable bonds is 6. The number of aliphatic hydroxyl groups is 1. The largest absolute Gasteiger partial charge is 0.508 e. The quantitative estimate of drug-likeness (QED) is 0.684. The summed E-state index contributed by atoms with van der Waals surface area (Å²) in [5.74, 6) is 0. The second-order valence-electron chi connectivity index (χ2n) is 3.72. The number of ether oxygens (including phenoxy) is 3. The van der Waals surface area contributed by atoms with Crippen LogP contribution in [0.4, 0.5) is 4.79 Å². The van der Waals surface area contributed by atoms with Gasteiger partial charge < -0.3 is 19.3 Å². The maximum Gasteiger partial charge on any atom is 0.508 e. The minimum absolute atomic E-state index is 0.0589. The van der Waals surface area contributed by atoms with Gasteiger partial charge in [0.1, 0.15) is 12.7 Å². The van der Waals surface area contributed by atoms with E-state index in [2.05, 4.69) is 4.74 Å². The molecule has 0 radical (unpaired) electrons. The molecule has 0 aromatic heterocycles. The van der Waals surface area contributed by atoms with Gasteiger partial charge in [-0.15, -0.1) is 0 Å². The molecule has 1 N–H and O–H groups in total. The van der Waals surface area contributed by atoms with E-state index in [1.165, 1.54) is 6.92 Å². The first-order valence-electron chi connectivity index (χ1n) is 5.05. The normalized spacial score (nSPS) is 14.8. The van der Waals surface area contributed by atoms with E-state index in [4.69, 9.17) is 14.6 Å². The van der Waals surface area contributed by atoms with Crippen LogP contribution >= 0.6 is 0 Å². The molecule has 2 atom stereocenters. The van der Waals surface area contributed by atoms with Crippen LogP contribution in [-0.4, -0.2) is 42.8 Å². The van der Waals surface area contributed by atoms with Crippen molar-refractivity contribution in [2.45, 2.75) is 46.0 Å². The Morgan fingerprint density at radius 1 is 1.20 bits per heavy atom. The Morgan fingerprint density at radius 2 is 1.80 bits per heavy atom. The number of hydrogen-bond donors (Lipinski definition) is 1. The maximum absolute atomic E-state index is 11.0. The van der Waals surface area contributed by atoms with Crippen LogP contribution in [0.15, 0.2) is 0 Å². The van der Waals surface area contributed by atoms with Crippen molar-refractivity contribution < 1.29 is 24.1 Å². The molecule has 2 unspecified atom stereocenters. The maximum atomic E-state index is 11.0. The molecule has 0 aliphatic carbocycles. The summed E-state index contributed by atoms with van der Waals surface area (Å²) in [6, 6.07) is 0. The van der Waals surface area contributed by atoms with E-state index >= 15 is 0 Å². The highest BCUT2D eigenvalue weighted by molar-refractivity contribution is 5.60. The summed E-state index contributed by atoms with van der Waals surface area (Å²) in [4.78, 5) is 11.0. The first-order chi connectivity index (χ1) is 6.91. The Kier molecular flexibility index (Phi) is 7.07. The Hall–Kier alpha value is -0.810. The van der Waals surface area contributed by atoms with Gasteiger partial charge in [-0.05, 0) is 27.7 Å². The predicted octanol–water partition coefficient (Wildman–Crippen LogP) is 1.33. The van der Waals surface area contributed by atoms with Crippen LogP contribution in [0.2, 0.25) is 0 Å². The number of aliphatic hydroxyl groups excluding tert-OH is 1. The molecule has 0 fully saturated rings. The first-order valence-corrected chi connectivity index (χ1v) is 5.05. The Morgan fingerprint density at radius 3 is 2.27 bits per heavy atom. The fourth-order valence-corrected chi connectivity index (χ4v) is 0.749. The molecule has 0 amide bonds.